The third-order valence-electron chi connectivity index (χ3n) is 6.01. The molecule has 1 N–H and O–H groups in total. The summed E-state index contributed by atoms with van der Waals surface area (Å²) in [6.07, 6.45) is 1.31. The summed E-state index contributed by atoms with van der Waals surface area (Å²) in [6, 6.07) is 9.15. The van der Waals surface area contributed by atoms with Crippen molar-refractivity contribution in [3.63, 3.8) is 0 Å². The maximum Gasteiger partial charge on any atom is 0.262 e. The number of hydrogen-bond acceptors (Lipinski definition) is 8. The first-order valence-corrected chi connectivity index (χ1v) is 12.2. The lowest BCUT2D eigenvalue weighted by atomic mass is 10.0. The third-order valence-corrected chi connectivity index (χ3v) is 6.78. The quantitative estimate of drug-likeness (QED) is 0.408. The summed E-state index contributed by atoms with van der Waals surface area (Å²) in [4.78, 5) is 28.0. The fourth-order valence-corrected chi connectivity index (χ4v) is 4.95. The molecule has 2 aromatic carbocycles. The van der Waals surface area contributed by atoms with Crippen LogP contribution in [-0.2, 0) is 11.2 Å². The third kappa shape index (κ3) is 4.98. The van der Waals surface area contributed by atoms with Gasteiger partial charge in [-0.15, -0.1) is 5.11 Å². The molecule has 0 saturated carbocycles. The first-order valence-electron chi connectivity index (χ1n) is 11.4. The van der Waals surface area contributed by atoms with Crippen molar-refractivity contribution in [2.75, 3.05) is 31.6 Å². The van der Waals surface area contributed by atoms with Gasteiger partial charge in [0.05, 0.1) is 45.7 Å². The minimum absolute atomic E-state index is 0.0676. The highest BCUT2D eigenvalue weighted by Gasteiger charge is 2.37. The second-order valence-corrected chi connectivity index (χ2v) is 9.68. The van der Waals surface area contributed by atoms with Crippen LogP contribution in [0.15, 0.2) is 39.0 Å². The van der Waals surface area contributed by atoms with Gasteiger partial charge in [0.1, 0.15) is 11.8 Å². The van der Waals surface area contributed by atoms with E-state index in [4.69, 9.17) is 4.74 Å². The number of azo groups is 1. The van der Waals surface area contributed by atoms with Gasteiger partial charge in [-0.05, 0) is 72.4 Å². The van der Waals surface area contributed by atoms with Gasteiger partial charge in [0.15, 0.2) is 0 Å². The molecule has 2 aliphatic rings. The average Bonchev–Trinajstić information content (AvgIpc) is 3.05. The van der Waals surface area contributed by atoms with E-state index in [0.29, 0.717) is 12.2 Å². The van der Waals surface area contributed by atoms with Crippen molar-refractivity contribution in [1.82, 2.24) is 4.90 Å². The van der Waals surface area contributed by atoms with Crippen LogP contribution in [0.2, 0.25) is 0 Å². The minimum atomic E-state index is -0.585. The molecule has 10 heteroatoms. The van der Waals surface area contributed by atoms with Crippen molar-refractivity contribution in [2.45, 2.75) is 38.9 Å². The van der Waals surface area contributed by atoms with E-state index in [1.807, 2.05) is 38.1 Å². The fourth-order valence-electron chi connectivity index (χ4n) is 4.27. The second-order valence-electron chi connectivity index (χ2n) is 8.89. The molecule has 0 saturated heterocycles. The Bertz CT molecular complexity index is 1250. The molecule has 1 atom stereocenters. The molecule has 35 heavy (non-hydrogen) atoms. The molecule has 9 nitrogen and oxygen atoms in total. The summed E-state index contributed by atoms with van der Waals surface area (Å²) in [5, 5.41) is 28.5. The molecule has 4 rings (SSSR count). The first-order chi connectivity index (χ1) is 16.7. The summed E-state index contributed by atoms with van der Waals surface area (Å²) in [6.45, 7) is 5.50. The molecule has 2 amide bonds. The maximum absolute atomic E-state index is 12.5. The number of hydrogen-bond donors (Lipinski definition) is 1. The molecule has 0 aliphatic carbocycles. The van der Waals surface area contributed by atoms with E-state index < -0.39 is 17.9 Å². The minimum Gasteiger partial charge on any atom is -0.389 e. The number of aryl methyl sites for hydroxylation is 1. The Morgan fingerprint density at radius 1 is 1.23 bits per heavy atom. The van der Waals surface area contributed by atoms with Crippen molar-refractivity contribution in [3.8, 4) is 6.07 Å². The Kier molecular flexibility index (Phi) is 7.31. The molecule has 0 aromatic heterocycles. The van der Waals surface area contributed by atoms with Gasteiger partial charge in [-0.2, -0.15) is 10.4 Å². The van der Waals surface area contributed by atoms with Crippen LogP contribution < -0.4 is 4.90 Å². The van der Waals surface area contributed by atoms with Gasteiger partial charge < -0.3 is 14.7 Å². The predicted octanol–water partition coefficient (Wildman–Crippen LogP) is 4.50. The lowest BCUT2D eigenvalue weighted by molar-refractivity contribution is 0.00880. The second kappa shape index (κ2) is 10.2. The average molecular weight is 540 g/mol. The van der Waals surface area contributed by atoms with Gasteiger partial charge >= 0.3 is 0 Å². The van der Waals surface area contributed by atoms with Gasteiger partial charge in [-0.3, -0.25) is 14.5 Å². The number of amides is 2. The zero-order chi connectivity index (χ0) is 25.3. The molecular formula is C25H26BrN5O4. The SMILES string of the molecule is CC(C)OCC(O)CN1CCCc2cc(N=Nc3c(C#N)cc4c(c3Br)C(=O)N(C)C4=O)ccc21. The summed E-state index contributed by atoms with van der Waals surface area (Å²) >= 11 is 3.36. The van der Waals surface area contributed by atoms with Gasteiger partial charge in [-0.25, -0.2) is 0 Å². The highest BCUT2D eigenvalue weighted by Crippen LogP contribution is 2.40. The normalized spacial score (nSPS) is 16.1. The van der Waals surface area contributed by atoms with Crippen molar-refractivity contribution in [3.05, 3.63) is 51.0 Å². The number of halogens is 1. The van der Waals surface area contributed by atoms with Crippen molar-refractivity contribution < 1.29 is 19.4 Å². The number of ether oxygens (including phenoxy) is 1. The van der Waals surface area contributed by atoms with E-state index >= 15 is 0 Å². The molecule has 0 radical (unpaired) electrons. The number of benzene rings is 2. The number of β-amino-alcohol motifs (C(OH)–C–C–N with tert-alkyl or cyclic N) is 1. The molecular weight excluding hydrogens is 514 g/mol. The summed E-state index contributed by atoms with van der Waals surface area (Å²) in [7, 11) is 1.40. The molecule has 2 aromatic rings. The molecule has 2 aliphatic heterocycles. The number of fused-ring (bicyclic) bond motifs is 2. The van der Waals surface area contributed by atoms with Gasteiger partial charge in [0.25, 0.3) is 11.8 Å². The van der Waals surface area contributed by atoms with Gasteiger partial charge in [0.2, 0.25) is 0 Å². The van der Waals surface area contributed by atoms with E-state index in [1.54, 1.807) is 0 Å². The Hall–Kier alpha value is -3.13. The van der Waals surface area contributed by atoms with Crippen LogP contribution in [0, 0.1) is 11.3 Å². The Balaban J connectivity index is 1.58. The number of anilines is 1. The summed E-state index contributed by atoms with van der Waals surface area (Å²) in [5.41, 5.74) is 3.46. The van der Waals surface area contributed by atoms with Crippen LogP contribution in [0.4, 0.5) is 17.1 Å². The van der Waals surface area contributed by atoms with Crippen LogP contribution in [0.1, 0.15) is 52.1 Å². The van der Waals surface area contributed by atoms with Crippen LogP contribution in [0.5, 0.6) is 0 Å². The Morgan fingerprint density at radius 2 is 2.00 bits per heavy atom. The maximum atomic E-state index is 12.5. The highest BCUT2D eigenvalue weighted by molar-refractivity contribution is 9.10. The van der Waals surface area contributed by atoms with E-state index in [2.05, 4.69) is 31.1 Å². The van der Waals surface area contributed by atoms with Crippen molar-refractivity contribution in [2.24, 2.45) is 10.2 Å². The number of rotatable bonds is 7. The lowest BCUT2D eigenvalue weighted by Gasteiger charge is -2.33. The van der Waals surface area contributed by atoms with Gasteiger partial charge in [0, 0.05) is 25.8 Å². The van der Waals surface area contributed by atoms with E-state index in [-0.39, 0.29) is 39.6 Å². The summed E-state index contributed by atoms with van der Waals surface area (Å²) in [5.74, 6) is -0.904. The van der Waals surface area contributed by atoms with Crippen molar-refractivity contribution >= 4 is 44.8 Å². The molecule has 0 spiro atoms. The summed E-state index contributed by atoms with van der Waals surface area (Å²) < 4.78 is 5.81. The Morgan fingerprint density at radius 3 is 2.71 bits per heavy atom. The number of carbonyl (C=O) groups is 2. The van der Waals surface area contributed by atoms with E-state index in [1.165, 1.54) is 13.1 Å². The smallest absolute Gasteiger partial charge is 0.262 e. The lowest BCUT2D eigenvalue weighted by Crippen LogP contribution is -2.38. The monoisotopic (exact) mass is 539 g/mol. The van der Waals surface area contributed by atoms with Crippen molar-refractivity contribution in [1.29, 1.82) is 5.26 Å². The van der Waals surface area contributed by atoms with Crippen LogP contribution in [0.3, 0.4) is 0 Å². The first kappa shape index (κ1) is 25.0. The number of aliphatic hydroxyl groups excluding tert-OH is 1. The zero-order valence-electron chi connectivity index (χ0n) is 19.8. The van der Waals surface area contributed by atoms with Crippen LogP contribution >= 0.6 is 15.9 Å². The van der Waals surface area contributed by atoms with Gasteiger partial charge in [-0.1, -0.05) is 0 Å². The Labute approximate surface area is 212 Å². The molecule has 2 heterocycles. The number of carbonyl (C=O) groups excluding carboxylic acids is 2. The number of aliphatic hydroxyl groups is 1. The number of imide groups is 1. The zero-order valence-corrected chi connectivity index (χ0v) is 21.4. The standard InChI is InChI=1S/C25H26BrN5O4/c1-14(2)35-13-18(32)12-31-8-4-5-15-9-17(6-7-20(15)31)28-29-23-16(11-27)10-19-21(22(23)26)25(34)30(3)24(19)33/h6-7,9-10,14,18,32H,4-5,8,12-13H2,1-3H3. The molecule has 0 fully saturated rings. The van der Waals surface area contributed by atoms with E-state index in [9.17, 15) is 20.0 Å². The predicted molar refractivity (Wildman–Crippen MR) is 134 cm³/mol. The van der Waals surface area contributed by atoms with Crippen LogP contribution in [0.25, 0.3) is 0 Å². The van der Waals surface area contributed by atoms with Crippen LogP contribution in [-0.4, -0.2) is 60.8 Å². The number of nitrogens with zero attached hydrogens (tertiary/aromatic N) is 5. The molecule has 1 unspecified atom stereocenters. The topological polar surface area (TPSA) is 119 Å². The fraction of sp³-hybridized carbons (Fsp3) is 0.400. The molecule has 182 valence electrons. The number of nitriles is 1. The highest BCUT2D eigenvalue weighted by atomic mass is 79.9. The molecule has 0 bridgehead atoms. The van der Waals surface area contributed by atoms with E-state index in [0.717, 1.165) is 35.5 Å². The largest absolute Gasteiger partial charge is 0.389 e.